The Bertz CT molecular complexity index is 167. The minimum atomic E-state index is -0.444. The van der Waals surface area contributed by atoms with Crippen molar-refractivity contribution in [3.8, 4) is 0 Å². The van der Waals surface area contributed by atoms with Crippen molar-refractivity contribution in [1.82, 2.24) is 9.91 Å². The van der Waals surface area contributed by atoms with E-state index in [4.69, 9.17) is 5.84 Å². The second kappa shape index (κ2) is 1.70. The molecule has 3 amide bonds. The van der Waals surface area contributed by atoms with Gasteiger partial charge in [0.25, 0.3) is 5.91 Å². The summed E-state index contributed by atoms with van der Waals surface area (Å²) in [7, 11) is 1.40. The van der Waals surface area contributed by atoms with Gasteiger partial charge in [0.1, 0.15) is 6.54 Å². The highest BCUT2D eigenvalue weighted by Gasteiger charge is 2.30. The van der Waals surface area contributed by atoms with Gasteiger partial charge in [0, 0.05) is 7.05 Å². The predicted molar refractivity (Wildman–Crippen MR) is 29.1 cm³/mol. The maximum absolute atomic E-state index is 10.6. The number of urea groups is 1. The van der Waals surface area contributed by atoms with Crippen molar-refractivity contribution in [2.45, 2.75) is 0 Å². The third-order valence-corrected chi connectivity index (χ3v) is 1.21. The summed E-state index contributed by atoms with van der Waals surface area (Å²) in [5.41, 5.74) is 0. The summed E-state index contributed by atoms with van der Waals surface area (Å²) in [6.07, 6.45) is 0. The fourth-order valence-corrected chi connectivity index (χ4v) is 0.619. The van der Waals surface area contributed by atoms with Gasteiger partial charge >= 0.3 is 6.03 Å². The Morgan fingerprint density at radius 3 is 2.22 bits per heavy atom. The molecule has 1 heterocycles. The molecule has 50 valence electrons. The second-order valence-corrected chi connectivity index (χ2v) is 1.86. The second-order valence-electron chi connectivity index (χ2n) is 1.86. The highest BCUT2D eigenvalue weighted by Crippen LogP contribution is 2.00. The molecule has 1 fully saturated rings. The molecule has 2 N–H and O–H groups in total. The molecule has 0 saturated carbocycles. The van der Waals surface area contributed by atoms with Gasteiger partial charge in [-0.25, -0.2) is 10.6 Å². The minimum absolute atomic E-state index is 0.00463. The van der Waals surface area contributed by atoms with Crippen LogP contribution < -0.4 is 5.84 Å². The van der Waals surface area contributed by atoms with Crippen LogP contribution in [0.1, 0.15) is 0 Å². The molecule has 0 unspecified atom stereocenters. The molecule has 0 aliphatic carbocycles. The monoisotopic (exact) mass is 129 g/mol. The van der Waals surface area contributed by atoms with Gasteiger partial charge < -0.3 is 0 Å². The highest BCUT2D eigenvalue weighted by atomic mass is 16.2. The third kappa shape index (κ3) is 0.746. The number of hydrogen-bond acceptors (Lipinski definition) is 3. The number of nitrogens with two attached hydrogens (primary N) is 1. The van der Waals surface area contributed by atoms with Gasteiger partial charge in [-0.2, -0.15) is 0 Å². The van der Waals surface area contributed by atoms with E-state index in [0.29, 0.717) is 0 Å². The number of hydrogen-bond donors (Lipinski definition) is 1. The standard InChI is InChI=1S/C4H7N3O2/c1-6-3(8)2-7(5)4(6)9/h2,5H2,1H3. The summed E-state index contributed by atoms with van der Waals surface area (Å²) in [6.45, 7) is -0.00463. The van der Waals surface area contributed by atoms with E-state index < -0.39 is 6.03 Å². The van der Waals surface area contributed by atoms with Crippen LogP contribution in [-0.4, -0.2) is 35.4 Å². The summed E-state index contributed by atoms with van der Waals surface area (Å²) in [5.74, 6) is 4.82. The third-order valence-electron chi connectivity index (χ3n) is 1.21. The Kier molecular flexibility index (Phi) is 1.14. The summed E-state index contributed by atoms with van der Waals surface area (Å²) in [6, 6.07) is -0.444. The van der Waals surface area contributed by atoms with Gasteiger partial charge in [0.15, 0.2) is 0 Å². The van der Waals surface area contributed by atoms with Crippen LogP contribution in [0, 0.1) is 0 Å². The molecule has 9 heavy (non-hydrogen) atoms. The molecular formula is C4H7N3O2. The largest absolute Gasteiger partial charge is 0.341 e. The first kappa shape index (κ1) is 6.03. The van der Waals surface area contributed by atoms with Crippen molar-refractivity contribution in [2.24, 2.45) is 5.84 Å². The van der Waals surface area contributed by atoms with Crippen LogP contribution >= 0.6 is 0 Å². The molecule has 0 aromatic carbocycles. The van der Waals surface area contributed by atoms with Crippen LogP contribution in [0.3, 0.4) is 0 Å². The predicted octanol–water partition coefficient (Wildman–Crippen LogP) is -1.25. The molecule has 0 aromatic rings. The average Bonchev–Trinajstić information content (AvgIpc) is 1.98. The van der Waals surface area contributed by atoms with Crippen LogP contribution in [-0.2, 0) is 4.79 Å². The van der Waals surface area contributed by atoms with E-state index in [-0.39, 0.29) is 12.5 Å². The lowest BCUT2D eigenvalue weighted by molar-refractivity contribution is -0.124. The first-order valence-electron chi connectivity index (χ1n) is 2.45. The number of likely N-dealkylation sites (N-methyl/N-ethyl adjacent to an activating group) is 1. The number of imide groups is 1. The fraction of sp³-hybridized carbons (Fsp3) is 0.500. The van der Waals surface area contributed by atoms with Crippen molar-refractivity contribution in [3.05, 3.63) is 0 Å². The van der Waals surface area contributed by atoms with E-state index in [0.717, 1.165) is 9.91 Å². The molecular weight excluding hydrogens is 122 g/mol. The smallest absolute Gasteiger partial charge is 0.272 e. The van der Waals surface area contributed by atoms with Gasteiger partial charge in [0.05, 0.1) is 0 Å². The maximum Gasteiger partial charge on any atom is 0.341 e. The summed E-state index contributed by atoms with van der Waals surface area (Å²) < 4.78 is 0. The van der Waals surface area contributed by atoms with Crippen molar-refractivity contribution < 1.29 is 9.59 Å². The quantitative estimate of drug-likeness (QED) is 0.252. The van der Waals surface area contributed by atoms with Crippen molar-refractivity contribution >= 4 is 11.9 Å². The normalized spacial score (nSPS) is 19.8. The van der Waals surface area contributed by atoms with E-state index in [1.54, 1.807) is 0 Å². The first-order chi connectivity index (χ1) is 4.13. The Hall–Kier alpha value is -1.10. The van der Waals surface area contributed by atoms with Crippen molar-refractivity contribution in [2.75, 3.05) is 13.6 Å². The van der Waals surface area contributed by atoms with Gasteiger partial charge in [-0.3, -0.25) is 14.7 Å². The lowest BCUT2D eigenvalue weighted by Gasteiger charge is -2.05. The Morgan fingerprint density at radius 1 is 1.56 bits per heavy atom. The SMILES string of the molecule is CN1C(=O)CN(N)C1=O. The van der Waals surface area contributed by atoms with Gasteiger partial charge in [-0.05, 0) is 0 Å². The van der Waals surface area contributed by atoms with Crippen LogP contribution in [0.25, 0.3) is 0 Å². The molecule has 1 rings (SSSR count). The average molecular weight is 129 g/mol. The van der Waals surface area contributed by atoms with Crippen LogP contribution in [0.4, 0.5) is 4.79 Å². The zero-order valence-electron chi connectivity index (χ0n) is 5.00. The minimum Gasteiger partial charge on any atom is -0.272 e. The molecule has 5 heteroatoms. The van der Waals surface area contributed by atoms with Crippen LogP contribution in [0.2, 0.25) is 0 Å². The molecule has 0 aromatic heterocycles. The fourth-order valence-electron chi connectivity index (χ4n) is 0.619. The Morgan fingerprint density at radius 2 is 2.11 bits per heavy atom. The van der Waals surface area contributed by atoms with E-state index in [2.05, 4.69) is 0 Å². The molecule has 1 saturated heterocycles. The molecule has 1 aliphatic heterocycles. The maximum atomic E-state index is 10.6. The number of nitrogens with zero attached hydrogens (tertiary/aromatic N) is 2. The van der Waals surface area contributed by atoms with E-state index in [1.807, 2.05) is 0 Å². The van der Waals surface area contributed by atoms with Crippen LogP contribution in [0.15, 0.2) is 0 Å². The van der Waals surface area contributed by atoms with E-state index in [9.17, 15) is 9.59 Å². The van der Waals surface area contributed by atoms with Crippen molar-refractivity contribution in [1.29, 1.82) is 0 Å². The Labute approximate surface area is 52.0 Å². The number of rotatable bonds is 0. The highest BCUT2D eigenvalue weighted by molar-refractivity contribution is 6.01. The van der Waals surface area contributed by atoms with E-state index in [1.165, 1.54) is 7.05 Å². The zero-order valence-corrected chi connectivity index (χ0v) is 5.00. The summed E-state index contributed by atoms with van der Waals surface area (Å²) in [4.78, 5) is 22.2. The molecule has 0 radical (unpaired) electrons. The first-order valence-corrected chi connectivity index (χ1v) is 2.45. The molecule has 0 atom stereocenters. The van der Waals surface area contributed by atoms with Gasteiger partial charge in [-0.15, -0.1) is 0 Å². The summed E-state index contributed by atoms with van der Waals surface area (Å²) in [5, 5.41) is 0.877. The Balaban J connectivity index is 2.77. The topological polar surface area (TPSA) is 66.6 Å². The molecule has 0 bridgehead atoms. The van der Waals surface area contributed by atoms with Gasteiger partial charge in [-0.1, -0.05) is 0 Å². The molecule has 5 nitrogen and oxygen atoms in total. The van der Waals surface area contributed by atoms with E-state index >= 15 is 0 Å². The van der Waals surface area contributed by atoms with Crippen molar-refractivity contribution in [3.63, 3.8) is 0 Å². The van der Waals surface area contributed by atoms with Crippen LogP contribution in [0.5, 0.6) is 0 Å². The lowest BCUT2D eigenvalue weighted by atomic mass is 10.6. The zero-order chi connectivity index (χ0) is 7.02. The number of carbonyl (C=O) groups is 2. The number of carbonyl (C=O) groups excluding carboxylic acids is 2. The number of hydrazine groups is 1. The summed E-state index contributed by atoms with van der Waals surface area (Å²) >= 11 is 0. The lowest BCUT2D eigenvalue weighted by Crippen LogP contribution is -2.34. The number of amides is 3. The molecule has 1 aliphatic rings. The molecule has 0 spiro atoms. The van der Waals surface area contributed by atoms with Gasteiger partial charge in [0.2, 0.25) is 0 Å².